The molecule has 0 spiro atoms. The van der Waals surface area contributed by atoms with Gasteiger partial charge in [0.25, 0.3) is 0 Å². The molecule has 92 valence electrons. The number of nitrogens with zero attached hydrogens (tertiary/aromatic N) is 1. The summed E-state index contributed by atoms with van der Waals surface area (Å²) >= 11 is 0. The van der Waals surface area contributed by atoms with E-state index in [0.717, 1.165) is 16.5 Å². The first-order valence-corrected chi connectivity index (χ1v) is 5.35. The van der Waals surface area contributed by atoms with Crippen molar-refractivity contribution in [3.05, 3.63) is 36.0 Å². The lowest BCUT2D eigenvalue weighted by molar-refractivity contribution is -0.136. The van der Waals surface area contributed by atoms with Gasteiger partial charge in [0.15, 0.2) is 0 Å². The Morgan fingerprint density at radius 2 is 1.94 bits per heavy atom. The summed E-state index contributed by atoms with van der Waals surface area (Å²) in [6.45, 7) is 0.335. The Labute approximate surface area is 96.8 Å². The zero-order valence-corrected chi connectivity index (χ0v) is 9.17. The second kappa shape index (κ2) is 4.41. The molecule has 17 heavy (non-hydrogen) atoms. The van der Waals surface area contributed by atoms with Crippen molar-refractivity contribution in [2.24, 2.45) is 5.73 Å². The van der Waals surface area contributed by atoms with Gasteiger partial charge in [0, 0.05) is 30.2 Å². The molecule has 0 unspecified atom stereocenters. The Kier molecular flexibility index (Phi) is 3.11. The molecule has 0 saturated carbocycles. The van der Waals surface area contributed by atoms with Crippen molar-refractivity contribution in [3.63, 3.8) is 0 Å². The summed E-state index contributed by atoms with van der Waals surface area (Å²) in [6, 6.07) is 7.32. The van der Waals surface area contributed by atoms with E-state index < -0.39 is 12.6 Å². The van der Waals surface area contributed by atoms with E-state index in [-0.39, 0.29) is 6.54 Å². The lowest BCUT2D eigenvalue weighted by Crippen LogP contribution is -2.11. The molecule has 1 aromatic carbocycles. The molecule has 0 aliphatic rings. The third kappa shape index (κ3) is 2.61. The van der Waals surface area contributed by atoms with Crippen LogP contribution in [0.5, 0.6) is 0 Å². The summed E-state index contributed by atoms with van der Waals surface area (Å²) in [6.07, 6.45) is -3.26. The minimum atomic E-state index is -4.12. The molecule has 2 nitrogen and oxygen atoms in total. The Morgan fingerprint density at radius 1 is 1.18 bits per heavy atom. The van der Waals surface area contributed by atoms with Crippen LogP contribution < -0.4 is 5.73 Å². The van der Waals surface area contributed by atoms with Gasteiger partial charge in [-0.1, -0.05) is 12.1 Å². The lowest BCUT2D eigenvalue weighted by Gasteiger charge is -2.09. The zero-order chi connectivity index (χ0) is 12.5. The van der Waals surface area contributed by atoms with Gasteiger partial charge in [0.05, 0.1) is 6.42 Å². The number of rotatable bonds is 3. The van der Waals surface area contributed by atoms with E-state index in [0.29, 0.717) is 6.54 Å². The van der Waals surface area contributed by atoms with E-state index in [2.05, 4.69) is 0 Å². The fourth-order valence-corrected chi connectivity index (χ4v) is 1.91. The van der Waals surface area contributed by atoms with Crippen LogP contribution in [0.25, 0.3) is 10.9 Å². The number of hydrogen-bond donors (Lipinski definition) is 1. The molecular weight excluding hydrogens is 229 g/mol. The maximum absolute atomic E-state index is 12.2. The number of nitrogens with two attached hydrogens (primary N) is 1. The molecule has 0 bridgehead atoms. The average Bonchev–Trinajstić information content (AvgIpc) is 2.68. The van der Waals surface area contributed by atoms with Gasteiger partial charge in [-0.25, -0.2) is 0 Å². The highest BCUT2D eigenvalue weighted by Gasteiger charge is 2.26. The second-order valence-electron chi connectivity index (χ2n) is 3.93. The van der Waals surface area contributed by atoms with Crippen LogP contribution >= 0.6 is 0 Å². The summed E-state index contributed by atoms with van der Waals surface area (Å²) in [5.41, 5.74) is 7.33. The minimum Gasteiger partial charge on any atom is -0.347 e. The molecular formula is C12H13F3N2. The second-order valence-corrected chi connectivity index (χ2v) is 3.93. The zero-order valence-electron chi connectivity index (χ0n) is 9.17. The normalized spacial score (nSPS) is 12.2. The number of hydrogen-bond acceptors (Lipinski definition) is 1. The summed E-state index contributed by atoms with van der Waals surface area (Å²) < 4.78 is 38.1. The molecule has 0 aliphatic heterocycles. The van der Waals surface area contributed by atoms with Gasteiger partial charge in [0.2, 0.25) is 0 Å². The number of fused-ring (bicyclic) bond motifs is 1. The first-order chi connectivity index (χ1) is 8.01. The van der Waals surface area contributed by atoms with E-state index in [1.54, 1.807) is 10.8 Å². The highest BCUT2D eigenvalue weighted by atomic mass is 19.4. The van der Waals surface area contributed by atoms with Crippen LogP contribution in [0.15, 0.2) is 30.5 Å². The maximum atomic E-state index is 12.2. The predicted molar refractivity (Wildman–Crippen MR) is 60.5 cm³/mol. The molecule has 2 N–H and O–H groups in total. The van der Waals surface area contributed by atoms with Crippen molar-refractivity contribution in [1.29, 1.82) is 0 Å². The van der Waals surface area contributed by atoms with E-state index in [1.807, 2.05) is 24.3 Å². The number of alkyl halides is 3. The standard InChI is InChI=1S/C12H13F3N2/c13-12(14,15)5-7-17-6-4-10-9(8-16)2-1-3-11(10)17/h1-4,6H,5,7-8,16H2. The molecule has 0 atom stereocenters. The third-order valence-electron chi connectivity index (χ3n) is 2.76. The average molecular weight is 242 g/mol. The first-order valence-electron chi connectivity index (χ1n) is 5.35. The van der Waals surface area contributed by atoms with Crippen LogP contribution in [0.1, 0.15) is 12.0 Å². The quantitative estimate of drug-likeness (QED) is 0.881. The largest absolute Gasteiger partial charge is 0.390 e. The number of benzene rings is 1. The molecule has 0 saturated heterocycles. The first kappa shape index (κ1) is 12.0. The summed E-state index contributed by atoms with van der Waals surface area (Å²) in [5, 5.41) is 0.928. The predicted octanol–water partition coefficient (Wildman–Crippen LogP) is 3.05. The van der Waals surface area contributed by atoms with E-state index >= 15 is 0 Å². The van der Waals surface area contributed by atoms with Crippen LogP contribution in [0.4, 0.5) is 13.2 Å². The van der Waals surface area contributed by atoms with Gasteiger partial charge in [-0.05, 0) is 17.7 Å². The maximum Gasteiger partial charge on any atom is 0.390 e. The number of halogens is 3. The Bertz CT molecular complexity index is 514. The van der Waals surface area contributed by atoms with Gasteiger partial charge >= 0.3 is 6.18 Å². The molecule has 0 aliphatic carbocycles. The fraction of sp³-hybridized carbons (Fsp3) is 0.333. The number of aryl methyl sites for hydroxylation is 1. The smallest absolute Gasteiger partial charge is 0.347 e. The van der Waals surface area contributed by atoms with Crippen molar-refractivity contribution < 1.29 is 13.2 Å². The van der Waals surface area contributed by atoms with Crippen molar-refractivity contribution >= 4 is 10.9 Å². The van der Waals surface area contributed by atoms with Crippen LogP contribution in [0, 0.1) is 0 Å². The Balaban J connectivity index is 2.30. The van der Waals surface area contributed by atoms with Crippen LogP contribution in [0.2, 0.25) is 0 Å². The third-order valence-corrected chi connectivity index (χ3v) is 2.76. The Morgan fingerprint density at radius 3 is 2.59 bits per heavy atom. The molecule has 0 amide bonds. The van der Waals surface area contributed by atoms with Gasteiger partial charge in [-0.2, -0.15) is 13.2 Å². The van der Waals surface area contributed by atoms with E-state index in [9.17, 15) is 13.2 Å². The van der Waals surface area contributed by atoms with E-state index in [4.69, 9.17) is 5.73 Å². The van der Waals surface area contributed by atoms with Gasteiger partial charge in [0.1, 0.15) is 0 Å². The van der Waals surface area contributed by atoms with Crippen LogP contribution in [-0.4, -0.2) is 10.7 Å². The Hall–Kier alpha value is -1.49. The molecule has 2 aromatic rings. The molecule has 5 heteroatoms. The fourth-order valence-electron chi connectivity index (χ4n) is 1.91. The van der Waals surface area contributed by atoms with Crippen molar-refractivity contribution in [2.75, 3.05) is 0 Å². The van der Waals surface area contributed by atoms with Crippen LogP contribution in [-0.2, 0) is 13.1 Å². The highest BCUT2D eigenvalue weighted by molar-refractivity contribution is 5.83. The highest BCUT2D eigenvalue weighted by Crippen LogP contribution is 2.24. The molecule has 0 radical (unpaired) electrons. The van der Waals surface area contributed by atoms with Gasteiger partial charge in [-0.3, -0.25) is 0 Å². The topological polar surface area (TPSA) is 30.9 Å². The van der Waals surface area contributed by atoms with Crippen molar-refractivity contribution in [3.8, 4) is 0 Å². The SMILES string of the molecule is NCc1cccc2c1ccn2CCC(F)(F)F. The minimum absolute atomic E-state index is 0.0545. The monoisotopic (exact) mass is 242 g/mol. The molecule has 0 fully saturated rings. The van der Waals surface area contributed by atoms with E-state index in [1.165, 1.54) is 0 Å². The summed E-state index contributed by atoms with van der Waals surface area (Å²) in [5.74, 6) is 0. The molecule has 1 heterocycles. The number of aromatic nitrogens is 1. The van der Waals surface area contributed by atoms with Gasteiger partial charge < -0.3 is 10.3 Å². The molecule has 2 rings (SSSR count). The van der Waals surface area contributed by atoms with Gasteiger partial charge in [-0.15, -0.1) is 0 Å². The van der Waals surface area contributed by atoms with Crippen LogP contribution in [0.3, 0.4) is 0 Å². The lowest BCUT2D eigenvalue weighted by atomic mass is 10.1. The summed E-state index contributed by atoms with van der Waals surface area (Å²) in [7, 11) is 0. The van der Waals surface area contributed by atoms with Crippen molar-refractivity contribution in [2.45, 2.75) is 25.7 Å². The molecule has 1 aromatic heterocycles. The summed E-state index contributed by atoms with van der Waals surface area (Å²) in [4.78, 5) is 0. The van der Waals surface area contributed by atoms with Crippen molar-refractivity contribution in [1.82, 2.24) is 4.57 Å².